The van der Waals surface area contributed by atoms with E-state index in [2.05, 4.69) is 15.2 Å². The van der Waals surface area contributed by atoms with Crippen LogP contribution in [0.25, 0.3) is 0 Å². The quantitative estimate of drug-likeness (QED) is 0.863. The van der Waals surface area contributed by atoms with Crippen molar-refractivity contribution < 1.29 is 4.79 Å². The molecule has 0 aromatic carbocycles. The molecule has 0 atom stereocenters. The molecule has 1 N–H and O–H groups in total. The molecule has 5 heteroatoms. The second-order valence-corrected chi connectivity index (χ2v) is 5.77. The molecule has 1 saturated heterocycles. The number of piperidine rings is 1. The van der Waals surface area contributed by atoms with Crippen LogP contribution >= 0.6 is 11.6 Å². The molecule has 1 aliphatic carbocycles. The number of nitrogens with zero attached hydrogens (tertiary/aromatic N) is 2. The number of pyridine rings is 1. The first-order valence-electron chi connectivity index (χ1n) is 6.89. The largest absolute Gasteiger partial charge is 0.371 e. The van der Waals surface area contributed by atoms with Crippen molar-refractivity contribution in [2.75, 3.05) is 18.0 Å². The van der Waals surface area contributed by atoms with Gasteiger partial charge in [-0.25, -0.2) is 4.98 Å². The number of rotatable bonds is 3. The van der Waals surface area contributed by atoms with E-state index in [1.807, 2.05) is 12.1 Å². The molecule has 19 heavy (non-hydrogen) atoms. The van der Waals surface area contributed by atoms with Gasteiger partial charge in [0.2, 0.25) is 5.91 Å². The maximum absolute atomic E-state index is 11.7. The summed E-state index contributed by atoms with van der Waals surface area (Å²) in [4.78, 5) is 18.0. The van der Waals surface area contributed by atoms with Crippen molar-refractivity contribution in [2.45, 2.75) is 31.7 Å². The fourth-order valence-corrected chi connectivity index (χ4v) is 2.70. The topological polar surface area (TPSA) is 45.2 Å². The zero-order valence-electron chi connectivity index (χ0n) is 10.8. The normalized spacial score (nSPS) is 20.4. The minimum Gasteiger partial charge on any atom is -0.371 e. The van der Waals surface area contributed by atoms with Gasteiger partial charge in [-0.3, -0.25) is 4.79 Å². The minimum absolute atomic E-state index is 0.255. The summed E-state index contributed by atoms with van der Waals surface area (Å²) in [6, 6.07) is 4.21. The Hall–Kier alpha value is -1.29. The first-order chi connectivity index (χ1) is 9.22. The van der Waals surface area contributed by atoms with Gasteiger partial charge < -0.3 is 10.2 Å². The summed E-state index contributed by atoms with van der Waals surface area (Å²) in [6.07, 6.45) is 5.87. The summed E-state index contributed by atoms with van der Waals surface area (Å²) in [5.74, 6) is 0.558. The highest BCUT2D eigenvalue weighted by Gasteiger charge is 2.31. The maximum Gasteiger partial charge on any atom is 0.223 e. The Labute approximate surface area is 118 Å². The smallest absolute Gasteiger partial charge is 0.223 e. The lowest BCUT2D eigenvalue weighted by Gasteiger charge is -2.34. The van der Waals surface area contributed by atoms with Crippen LogP contribution in [0.4, 0.5) is 5.69 Å². The molecule has 1 saturated carbocycles. The van der Waals surface area contributed by atoms with Crippen molar-refractivity contribution in [3.8, 4) is 0 Å². The molecule has 0 spiro atoms. The Balaban J connectivity index is 1.52. The van der Waals surface area contributed by atoms with Gasteiger partial charge in [-0.05, 0) is 37.8 Å². The van der Waals surface area contributed by atoms with Crippen LogP contribution in [0, 0.1) is 5.92 Å². The van der Waals surface area contributed by atoms with E-state index in [1.54, 1.807) is 6.20 Å². The predicted molar refractivity (Wildman–Crippen MR) is 75.3 cm³/mol. The second kappa shape index (κ2) is 5.37. The molecule has 3 rings (SSSR count). The average molecular weight is 280 g/mol. The number of amides is 1. The molecule has 1 aromatic heterocycles. The molecule has 0 bridgehead atoms. The summed E-state index contributed by atoms with van der Waals surface area (Å²) >= 11 is 5.91. The standard InChI is InChI=1S/C14H18ClN3O/c15-13-9-12(3-6-16-13)18-7-4-11(5-8-18)17-14(19)10-1-2-10/h3,6,9-11H,1-2,4-5,7-8H2,(H,17,19). The van der Waals surface area contributed by atoms with E-state index < -0.39 is 0 Å². The van der Waals surface area contributed by atoms with Gasteiger partial charge in [0.1, 0.15) is 5.15 Å². The number of halogens is 1. The molecule has 2 fully saturated rings. The lowest BCUT2D eigenvalue weighted by Crippen LogP contribution is -2.45. The molecular weight excluding hydrogens is 262 g/mol. The molecule has 2 aliphatic rings. The van der Waals surface area contributed by atoms with Crippen LogP contribution in [0.3, 0.4) is 0 Å². The Morgan fingerprint density at radius 3 is 2.68 bits per heavy atom. The van der Waals surface area contributed by atoms with E-state index in [1.165, 1.54) is 0 Å². The summed E-state index contributed by atoms with van der Waals surface area (Å²) in [7, 11) is 0. The van der Waals surface area contributed by atoms with Crippen molar-refractivity contribution in [2.24, 2.45) is 5.92 Å². The van der Waals surface area contributed by atoms with Crippen molar-refractivity contribution >= 4 is 23.2 Å². The van der Waals surface area contributed by atoms with Crippen LogP contribution in [0.2, 0.25) is 5.15 Å². The van der Waals surface area contributed by atoms with Crippen molar-refractivity contribution in [3.63, 3.8) is 0 Å². The van der Waals surface area contributed by atoms with Crippen LogP contribution in [0.15, 0.2) is 18.3 Å². The zero-order valence-corrected chi connectivity index (χ0v) is 11.6. The number of nitrogens with one attached hydrogen (secondary N) is 1. The molecule has 4 nitrogen and oxygen atoms in total. The number of aromatic nitrogens is 1. The van der Waals surface area contributed by atoms with E-state index in [0.717, 1.165) is 44.5 Å². The average Bonchev–Trinajstić information content (AvgIpc) is 3.24. The fraction of sp³-hybridized carbons (Fsp3) is 0.571. The Kier molecular flexibility index (Phi) is 3.60. The molecular formula is C14H18ClN3O. The predicted octanol–water partition coefficient (Wildman–Crippen LogP) is 2.23. The molecule has 102 valence electrons. The van der Waals surface area contributed by atoms with E-state index in [-0.39, 0.29) is 5.91 Å². The van der Waals surface area contributed by atoms with Crippen LogP contribution in [0.1, 0.15) is 25.7 Å². The van der Waals surface area contributed by atoms with Crippen LogP contribution < -0.4 is 10.2 Å². The van der Waals surface area contributed by atoms with Gasteiger partial charge in [0.25, 0.3) is 0 Å². The number of carbonyl (C=O) groups excluding carboxylic acids is 1. The van der Waals surface area contributed by atoms with E-state index in [9.17, 15) is 4.79 Å². The summed E-state index contributed by atoms with van der Waals surface area (Å²) in [5, 5.41) is 3.69. The fourth-order valence-electron chi connectivity index (χ4n) is 2.54. The third-order valence-electron chi connectivity index (χ3n) is 3.86. The van der Waals surface area contributed by atoms with Gasteiger partial charge >= 0.3 is 0 Å². The van der Waals surface area contributed by atoms with E-state index in [4.69, 9.17) is 11.6 Å². The molecule has 1 amide bonds. The monoisotopic (exact) mass is 279 g/mol. The summed E-state index contributed by atoms with van der Waals surface area (Å²) < 4.78 is 0. The number of hydrogen-bond acceptors (Lipinski definition) is 3. The molecule has 0 radical (unpaired) electrons. The van der Waals surface area contributed by atoms with Crippen molar-refractivity contribution in [1.82, 2.24) is 10.3 Å². The van der Waals surface area contributed by atoms with Crippen LogP contribution in [-0.2, 0) is 4.79 Å². The van der Waals surface area contributed by atoms with Gasteiger partial charge in [-0.2, -0.15) is 0 Å². The Bertz CT molecular complexity index is 468. The molecule has 1 aliphatic heterocycles. The first kappa shape index (κ1) is 12.7. The highest BCUT2D eigenvalue weighted by molar-refractivity contribution is 6.29. The van der Waals surface area contributed by atoms with Crippen molar-refractivity contribution in [3.05, 3.63) is 23.5 Å². The minimum atomic E-state index is 0.255. The SMILES string of the molecule is O=C(NC1CCN(c2ccnc(Cl)c2)CC1)C1CC1. The van der Waals surface area contributed by atoms with Gasteiger partial charge in [0.05, 0.1) is 0 Å². The van der Waals surface area contributed by atoms with E-state index >= 15 is 0 Å². The highest BCUT2D eigenvalue weighted by Crippen LogP contribution is 2.29. The highest BCUT2D eigenvalue weighted by atomic mass is 35.5. The molecule has 1 aromatic rings. The zero-order chi connectivity index (χ0) is 13.2. The third-order valence-corrected chi connectivity index (χ3v) is 4.07. The van der Waals surface area contributed by atoms with Gasteiger partial charge in [-0.1, -0.05) is 11.6 Å². The van der Waals surface area contributed by atoms with Gasteiger partial charge in [0.15, 0.2) is 0 Å². The number of carbonyl (C=O) groups is 1. The van der Waals surface area contributed by atoms with Crippen molar-refractivity contribution in [1.29, 1.82) is 0 Å². The Morgan fingerprint density at radius 2 is 2.05 bits per heavy atom. The third kappa shape index (κ3) is 3.18. The molecule has 0 unspecified atom stereocenters. The van der Waals surface area contributed by atoms with Crippen LogP contribution in [0.5, 0.6) is 0 Å². The maximum atomic E-state index is 11.7. The van der Waals surface area contributed by atoms with Gasteiger partial charge in [0, 0.05) is 36.9 Å². The first-order valence-corrected chi connectivity index (χ1v) is 7.27. The Morgan fingerprint density at radius 1 is 1.32 bits per heavy atom. The van der Waals surface area contributed by atoms with Crippen LogP contribution in [-0.4, -0.2) is 30.0 Å². The summed E-state index contributed by atoms with van der Waals surface area (Å²) in [6.45, 7) is 1.91. The molecule has 2 heterocycles. The van der Waals surface area contributed by atoms with Gasteiger partial charge in [-0.15, -0.1) is 0 Å². The number of hydrogen-bond donors (Lipinski definition) is 1. The van der Waals surface area contributed by atoms with E-state index in [0.29, 0.717) is 17.1 Å². The summed E-state index contributed by atoms with van der Waals surface area (Å²) in [5.41, 5.74) is 1.12. The lowest BCUT2D eigenvalue weighted by atomic mass is 10.0. The lowest BCUT2D eigenvalue weighted by molar-refractivity contribution is -0.123. The number of anilines is 1. The second-order valence-electron chi connectivity index (χ2n) is 5.38.